The van der Waals surface area contributed by atoms with Crippen molar-refractivity contribution in [3.05, 3.63) is 12.7 Å². The number of unbranched alkanes of at least 4 members (excludes halogenated alkanes) is 6. The number of hydrogen-bond donors (Lipinski definition) is 0. The summed E-state index contributed by atoms with van der Waals surface area (Å²) in [4.78, 5) is 0. The molecule has 0 aliphatic rings. The molecule has 0 radical (unpaired) electrons. The van der Waals surface area contributed by atoms with Gasteiger partial charge in [-0.15, -0.1) is 6.58 Å². The minimum Gasteiger partial charge on any atom is -0.103 e. The van der Waals surface area contributed by atoms with Gasteiger partial charge in [0.25, 0.3) is 14.1 Å². The summed E-state index contributed by atoms with van der Waals surface area (Å²) in [6, 6.07) is 0. The Morgan fingerprint density at radius 3 is 1.74 bits per heavy atom. The maximum atomic E-state index is 3.78. The molecule has 0 aromatic heterocycles. The van der Waals surface area contributed by atoms with E-state index in [1.165, 1.54) is 44.9 Å². The maximum Gasteiger partial charge on any atom is 0.262 e. The van der Waals surface area contributed by atoms with Gasteiger partial charge in [0.2, 0.25) is 0 Å². The number of hydrogen-bond acceptors (Lipinski definition) is 0. The highest BCUT2D eigenvalue weighted by atomic mass is 27.2. The van der Waals surface area contributed by atoms with E-state index in [4.69, 9.17) is 0 Å². The normalized spacial score (nSPS) is 11.3. The molecule has 112 valence electrons. The lowest BCUT2D eigenvalue weighted by Crippen LogP contribution is -2.17. The van der Waals surface area contributed by atoms with Gasteiger partial charge in [-0.25, -0.2) is 0 Å². The first-order valence-electron chi connectivity index (χ1n) is 8.67. The van der Waals surface area contributed by atoms with E-state index in [-0.39, 0.29) is 0 Å². The van der Waals surface area contributed by atoms with Crippen molar-refractivity contribution < 1.29 is 0 Å². The van der Waals surface area contributed by atoms with Crippen LogP contribution in [0.25, 0.3) is 0 Å². The van der Waals surface area contributed by atoms with Gasteiger partial charge in [0.05, 0.1) is 0 Å². The zero-order valence-corrected chi connectivity index (χ0v) is 15.2. The molecule has 0 N–H and O–H groups in total. The smallest absolute Gasteiger partial charge is 0.103 e. The van der Waals surface area contributed by atoms with E-state index in [1.807, 2.05) is 6.08 Å². The summed E-state index contributed by atoms with van der Waals surface area (Å²) in [6.45, 7) is 13.4. The first kappa shape index (κ1) is 19.3. The van der Waals surface area contributed by atoms with E-state index < -0.39 is 14.1 Å². The first-order chi connectivity index (χ1) is 9.06. The lowest BCUT2D eigenvalue weighted by molar-refractivity contribution is 0.606. The van der Waals surface area contributed by atoms with E-state index in [2.05, 4.69) is 34.3 Å². The zero-order chi connectivity index (χ0) is 14.5. The number of allylic oxidation sites excluding steroid dienone is 1. The Balaban J connectivity index is 3.54. The molecule has 19 heavy (non-hydrogen) atoms. The quantitative estimate of drug-likeness (QED) is 0.200. The van der Waals surface area contributed by atoms with Gasteiger partial charge in [0.15, 0.2) is 0 Å². The largest absolute Gasteiger partial charge is 0.262 e. The van der Waals surface area contributed by atoms with Crippen LogP contribution in [-0.4, -0.2) is 14.1 Å². The molecular weight excluding hydrogens is 243 g/mol. The molecule has 0 atom stereocenters. The second kappa shape index (κ2) is 13.3. The highest BCUT2D eigenvalue weighted by Crippen LogP contribution is 2.20. The lowest BCUT2D eigenvalue weighted by atomic mass is 10.1. The molecule has 0 aliphatic carbocycles. The van der Waals surface area contributed by atoms with Crippen LogP contribution in [0.4, 0.5) is 0 Å². The maximum absolute atomic E-state index is 3.78. The van der Waals surface area contributed by atoms with Crippen LogP contribution in [0.2, 0.25) is 15.8 Å². The molecule has 0 aliphatic heterocycles. The van der Waals surface area contributed by atoms with E-state index in [0.29, 0.717) is 0 Å². The molecule has 0 saturated carbocycles. The van der Waals surface area contributed by atoms with Crippen LogP contribution < -0.4 is 0 Å². The molecule has 0 saturated heterocycles. The predicted molar refractivity (Wildman–Crippen MR) is 92.4 cm³/mol. The summed E-state index contributed by atoms with van der Waals surface area (Å²) in [5, 5.41) is 4.73. The minimum absolute atomic E-state index is 0.433. The monoisotopic (exact) mass is 280 g/mol. The molecule has 0 aromatic rings. The summed E-state index contributed by atoms with van der Waals surface area (Å²) in [7, 11) is 0. The topological polar surface area (TPSA) is 0 Å². The fourth-order valence-electron chi connectivity index (χ4n) is 3.09. The van der Waals surface area contributed by atoms with Crippen molar-refractivity contribution >= 4 is 14.1 Å². The van der Waals surface area contributed by atoms with Crippen molar-refractivity contribution in [2.75, 3.05) is 0 Å². The third-order valence-corrected chi connectivity index (χ3v) is 8.32. The summed E-state index contributed by atoms with van der Waals surface area (Å²) < 4.78 is 0. The van der Waals surface area contributed by atoms with Gasteiger partial charge in [-0.1, -0.05) is 93.6 Å². The second-order valence-corrected chi connectivity index (χ2v) is 10.4. The van der Waals surface area contributed by atoms with Crippen molar-refractivity contribution in [2.45, 2.75) is 88.5 Å². The van der Waals surface area contributed by atoms with Gasteiger partial charge in [0, 0.05) is 0 Å². The molecule has 0 bridgehead atoms. The predicted octanol–water partition coefficient (Wildman–Crippen LogP) is 6.71. The molecule has 1 heteroatoms. The van der Waals surface area contributed by atoms with E-state index in [9.17, 15) is 0 Å². The zero-order valence-electron chi connectivity index (χ0n) is 14.1. The highest BCUT2D eigenvalue weighted by molar-refractivity contribution is 6.58. The molecule has 0 fully saturated rings. The highest BCUT2D eigenvalue weighted by Gasteiger charge is 2.19. The summed E-state index contributed by atoms with van der Waals surface area (Å²) in [5.41, 5.74) is 0. The summed E-state index contributed by atoms with van der Waals surface area (Å²) in [6.07, 6.45) is 11.9. The molecule has 0 unspecified atom stereocenters. The Morgan fingerprint density at radius 1 is 0.789 bits per heavy atom. The fourth-order valence-corrected chi connectivity index (χ4v) is 7.29. The lowest BCUT2D eigenvalue weighted by Gasteiger charge is -2.16. The van der Waals surface area contributed by atoms with Crippen molar-refractivity contribution in [3.8, 4) is 0 Å². The van der Waals surface area contributed by atoms with E-state index in [0.717, 1.165) is 11.8 Å². The van der Waals surface area contributed by atoms with Gasteiger partial charge in [-0.3, -0.25) is 0 Å². The van der Waals surface area contributed by atoms with Crippen molar-refractivity contribution in [3.63, 3.8) is 0 Å². The Labute approximate surface area is 127 Å². The van der Waals surface area contributed by atoms with Gasteiger partial charge >= 0.3 is 0 Å². The summed E-state index contributed by atoms with van der Waals surface area (Å²) >= 11 is -0.433. The molecule has 0 amide bonds. The number of rotatable bonds is 13. The van der Waals surface area contributed by atoms with Crippen LogP contribution in [-0.2, 0) is 0 Å². The van der Waals surface area contributed by atoms with Crippen molar-refractivity contribution in [1.29, 1.82) is 0 Å². The third kappa shape index (κ3) is 14.5. The van der Waals surface area contributed by atoms with Crippen molar-refractivity contribution in [2.24, 2.45) is 11.8 Å². The van der Waals surface area contributed by atoms with Crippen molar-refractivity contribution in [1.82, 2.24) is 0 Å². The van der Waals surface area contributed by atoms with Gasteiger partial charge < -0.3 is 0 Å². The van der Waals surface area contributed by atoms with E-state index in [1.54, 1.807) is 15.8 Å². The molecule has 0 nitrogen and oxygen atoms in total. The molecule has 0 heterocycles. The minimum atomic E-state index is -0.433. The average Bonchev–Trinajstić information content (AvgIpc) is 2.30. The van der Waals surface area contributed by atoms with Gasteiger partial charge in [0.1, 0.15) is 0 Å². The van der Waals surface area contributed by atoms with Crippen LogP contribution >= 0.6 is 0 Å². The Hall–Kier alpha value is 0.272. The Bertz CT molecular complexity index is 186. The Kier molecular flexibility index (Phi) is 13.5. The summed E-state index contributed by atoms with van der Waals surface area (Å²) in [5.74, 6) is 1.85. The van der Waals surface area contributed by atoms with Crippen LogP contribution in [0.15, 0.2) is 12.7 Å². The molecular formula is C18H37Al. The second-order valence-electron chi connectivity index (χ2n) is 7.11. The van der Waals surface area contributed by atoms with Crippen LogP contribution in [0.1, 0.15) is 72.6 Å². The van der Waals surface area contributed by atoms with Gasteiger partial charge in [-0.05, 0) is 12.8 Å². The standard InChI is InChI=1S/C10H19.2C4H9.Al/c1-3-5-7-9-10-8-6-4-2;2*1-4(2)3;/h3H,1-2,4-10H2;2*4H,1H2,2-3H3;. The molecule has 0 rings (SSSR count). The van der Waals surface area contributed by atoms with Crippen LogP contribution in [0.5, 0.6) is 0 Å². The Morgan fingerprint density at radius 2 is 1.26 bits per heavy atom. The first-order valence-corrected chi connectivity index (χ1v) is 11.1. The van der Waals surface area contributed by atoms with E-state index >= 15 is 0 Å². The molecule has 0 aromatic carbocycles. The van der Waals surface area contributed by atoms with Crippen LogP contribution in [0, 0.1) is 11.8 Å². The molecule has 0 spiro atoms. The fraction of sp³-hybridized carbons (Fsp3) is 0.889. The van der Waals surface area contributed by atoms with Gasteiger partial charge in [-0.2, -0.15) is 0 Å². The average molecular weight is 280 g/mol. The SMILES string of the molecule is C=CCCCCCCC[CH2][Al]([CH2]C(C)C)[CH2]C(C)C. The van der Waals surface area contributed by atoms with Crippen LogP contribution in [0.3, 0.4) is 0 Å². The third-order valence-electron chi connectivity index (χ3n) is 3.88.